The van der Waals surface area contributed by atoms with Crippen molar-refractivity contribution < 1.29 is 9.53 Å². The van der Waals surface area contributed by atoms with E-state index < -0.39 is 0 Å². The van der Waals surface area contributed by atoms with Gasteiger partial charge in [-0.2, -0.15) is 0 Å². The van der Waals surface area contributed by atoms with E-state index >= 15 is 0 Å². The summed E-state index contributed by atoms with van der Waals surface area (Å²) in [6.45, 7) is 7.48. The molecule has 31 heavy (non-hydrogen) atoms. The Kier molecular flexibility index (Phi) is 8.73. The van der Waals surface area contributed by atoms with Gasteiger partial charge in [-0.1, -0.05) is 18.5 Å². The first kappa shape index (κ1) is 24.0. The fraction of sp³-hybridized carbons (Fsp3) is 0.708. The number of carbonyl (C=O) groups excluding carboxylic acids is 1. The summed E-state index contributed by atoms with van der Waals surface area (Å²) in [6, 6.07) is 4.62. The highest BCUT2D eigenvalue weighted by Gasteiger charge is 2.25. The Hall–Kier alpha value is -1.66. The molecule has 0 radical (unpaired) electrons. The quantitative estimate of drug-likeness (QED) is 0.674. The highest BCUT2D eigenvalue weighted by molar-refractivity contribution is 6.32. The van der Waals surface area contributed by atoms with Crippen molar-refractivity contribution in [3.8, 4) is 5.75 Å². The minimum absolute atomic E-state index is 0.0312. The van der Waals surface area contributed by atoms with E-state index in [9.17, 15) is 4.79 Å². The number of nitrogens with zero attached hydrogens (tertiary/aromatic N) is 3. The van der Waals surface area contributed by atoms with Gasteiger partial charge in [-0.25, -0.2) is 4.79 Å². The van der Waals surface area contributed by atoms with Gasteiger partial charge in [0.2, 0.25) is 0 Å². The minimum atomic E-state index is 0.0312. The van der Waals surface area contributed by atoms with Crippen LogP contribution in [0.1, 0.15) is 44.6 Å². The van der Waals surface area contributed by atoms with Crippen LogP contribution in [0.25, 0.3) is 0 Å². The summed E-state index contributed by atoms with van der Waals surface area (Å²) < 4.78 is 5.61. The predicted octanol–water partition coefficient (Wildman–Crippen LogP) is 4.25. The third kappa shape index (κ3) is 6.42. The molecular formula is C24H39ClN4O2. The second-order valence-corrected chi connectivity index (χ2v) is 9.57. The van der Waals surface area contributed by atoms with Gasteiger partial charge in [0.1, 0.15) is 0 Å². The van der Waals surface area contributed by atoms with E-state index in [1.54, 1.807) is 26.1 Å². The van der Waals surface area contributed by atoms with E-state index in [2.05, 4.69) is 28.1 Å². The number of halogens is 1. The molecule has 1 heterocycles. The van der Waals surface area contributed by atoms with Crippen molar-refractivity contribution in [1.82, 2.24) is 15.1 Å². The van der Waals surface area contributed by atoms with Crippen LogP contribution in [0.15, 0.2) is 12.1 Å². The Balaban J connectivity index is 1.43. The number of hydrogen-bond donors (Lipinski definition) is 1. The van der Waals surface area contributed by atoms with Crippen molar-refractivity contribution in [2.24, 2.45) is 5.92 Å². The molecular weight excluding hydrogens is 412 g/mol. The molecule has 2 amide bonds. The Morgan fingerprint density at radius 3 is 2.42 bits per heavy atom. The van der Waals surface area contributed by atoms with Crippen LogP contribution in [0.5, 0.6) is 5.75 Å². The molecule has 0 unspecified atom stereocenters. The van der Waals surface area contributed by atoms with Crippen LogP contribution in [0, 0.1) is 5.92 Å². The van der Waals surface area contributed by atoms with Gasteiger partial charge in [0, 0.05) is 46.3 Å². The smallest absolute Gasteiger partial charge is 0.317 e. The molecule has 1 aliphatic heterocycles. The number of amides is 2. The minimum Gasteiger partial charge on any atom is -0.493 e. The number of benzene rings is 1. The Morgan fingerprint density at radius 1 is 1.16 bits per heavy atom. The maximum atomic E-state index is 11.8. The molecule has 2 fully saturated rings. The number of carbonyl (C=O) groups is 1. The van der Waals surface area contributed by atoms with Crippen LogP contribution in [0.4, 0.5) is 10.5 Å². The molecule has 1 aromatic rings. The molecule has 3 rings (SSSR count). The van der Waals surface area contributed by atoms with Crippen molar-refractivity contribution in [3.05, 3.63) is 22.7 Å². The highest BCUT2D eigenvalue weighted by Crippen LogP contribution is 2.37. The monoisotopic (exact) mass is 450 g/mol. The molecule has 0 aromatic heterocycles. The van der Waals surface area contributed by atoms with Crippen LogP contribution in [-0.2, 0) is 6.42 Å². The molecule has 7 heteroatoms. The Morgan fingerprint density at radius 2 is 1.84 bits per heavy atom. The van der Waals surface area contributed by atoms with Crippen LogP contribution in [0.3, 0.4) is 0 Å². The first-order valence-electron chi connectivity index (χ1n) is 11.7. The van der Waals surface area contributed by atoms with Crippen molar-refractivity contribution in [2.45, 2.75) is 51.5 Å². The van der Waals surface area contributed by atoms with Crippen LogP contribution in [-0.4, -0.2) is 75.8 Å². The van der Waals surface area contributed by atoms with E-state index in [-0.39, 0.29) is 6.03 Å². The van der Waals surface area contributed by atoms with Gasteiger partial charge in [-0.05, 0) is 68.7 Å². The third-order valence-electron chi connectivity index (χ3n) is 6.84. The number of rotatable bonds is 7. The predicted molar refractivity (Wildman–Crippen MR) is 129 cm³/mol. The first-order chi connectivity index (χ1) is 14.9. The molecule has 1 saturated heterocycles. The van der Waals surface area contributed by atoms with Crippen LogP contribution >= 0.6 is 11.6 Å². The van der Waals surface area contributed by atoms with E-state index in [1.165, 1.54) is 31.4 Å². The number of urea groups is 1. The molecule has 1 saturated carbocycles. The van der Waals surface area contributed by atoms with Gasteiger partial charge in [0.25, 0.3) is 0 Å². The Labute approximate surface area is 192 Å². The van der Waals surface area contributed by atoms with Crippen molar-refractivity contribution in [1.29, 1.82) is 0 Å². The lowest BCUT2D eigenvalue weighted by Crippen LogP contribution is -2.47. The van der Waals surface area contributed by atoms with Gasteiger partial charge >= 0.3 is 6.03 Å². The van der Waals surface area contributed by atoms with Gasteiger partial charge in [0.05, 0.1) is 17.8 Å². The van der Waals surface area contributed by atoms with Crippen molar-refractivity contribution >= 4 is 23.3 Å². The van der Waals surface area contributed by atoms with E-state index in [1.807, 2.05) is 6.07 Å². The number of nitrogens with one attached hydrogen (secondary N) is 1. The molecule has 1 aliphatic carbocycles. The summed E-state index contributed by atoms with van der Waals surface area (Å²) in [4.78, 5) is 18.5. The zero-order valence-electron chi connectivity index (χ0n) is 19.6. The first-order valence-corrected chi connectivity index (χ1v) is 12.1. The van der Waals surface area contributed by atoms with E-state index in [0.29, 0.717) is 11.1 Å². The Bertz CT molecular complexity index is 727. The average Bonchev–Trinajstić information content (AvgIpc) is 2.78. The van der Waals surface area contributed by atoms with Gasteiger partial charge in [0.15, 0.2) is 5.75 Å². The molecule has 6 nitrogen and oxygen atoms in total. The van der Waals surface area contributed by atoms with Crippen molar-refractivity contribution in [2.75, 3.05) is 58.8 Å². The van der Waals surface area contributed by atoms with Crippen LogP contribution in [0.2, 0.25) is 5.02 Å². The second-order valence-electron chi connectivity index (χ2n) is 9.16. The zero-order chi connectivity index (χ0) is 22.4. The molecule has 2 aliphatic rings. The SMILES string of the molecule is CCc1cc(Cl)c(OC)c(N2CCN(CCC3CCC(NC(=O)N(C)C)CC3)CC2)c1. The molecule has 0 atom stereocenters. The lowest BCUT2D eigenvalue weighted by Gasteiger charge is -2.38. The van der Waals surface area contributed by atoms with Gasteiger partial charge < -0.3 is 19.9 Å². The topological polar surface area (TPSA) is 48.1 Å². The third-order valence-corrected chi connectivity index (χ3v) is 7.12. The highest BCUT2D eigenvalue weighted by atomic mass is 35.5. The largest absolute Gasteiger partial charge is 0.493 e. The second kappa shape index (κ2) is 11.3. The number of aryl methyl sites for hydroxylation is 1. The summed E-state index contributed by atoms with van der Waals surface area (Å²) in [7, 11) is 5.30. The fourth-order valence-corrected chi connectivity index (χ4v) is 5.07. The number of piperazine rings is 1. The molecule has 0 spiro atoms. The average molecular weight is 451 g/mol. The fourth-order valence-electron chi connectivity index (χ4n) is 4.75. The summed E-state index contributed by atoms with van der Waals surface area (Å²) in [5.41, 5.74) is 2.38. The maximum Gasteiger partial charge on any atom is 0.317 e. The number of ether oxygens (including phenoxy) is 1. The van der Waals surface area contributed by atoms with Crippen molar-refractivity contribution in [3.63, 3.8) is 0 Å². The number of methoxy groups -OCH3 is 1. The molecule has 0 bridgehead atoms. The zero-order valence-corrected chi connectivity index (χ0v) is 20.4. The van der Waals surface area contributed by atoms with Gasteiger partial charge in [-0.3, -0.25) is 4.90 Å². The number of anilines is 1. The van der Waals surface area contributed by atoms with E-state index in [4.69, 9.17) is 16.3 Å². The lowest BCUT2D eigenvalue weighted by molar-refractivity contribution is 0.194. The molecule has 1 aromatic carbocycles. The molecule has 174 valence electrons. The number of hydrogen-bond acceptors (Lipinski definition) is 4. The lowest BCUT2D eigenvalue weighted by atomic mass is 9.84. The summed E-state index contributed by atoms with van der Waals surface area (Å²) in [5.74, 6) is 1.58. The standard InChI is InChI=1S/C24H39ClN4O2/c1-5-18-16-21(25)23(31-4)22(17-18)29-14-12-28(13-15-29)11-10-19-6-8-20(9-7-19)26-24(30)27(2)3/h16-17,19-20H,5-15H2,1-4H3,(H,26,30). The normalized spacial score (nSPS) is 22.3. The molecule has 1 N–H and O–H groups in total. The summed E-state index contributed by atoms with van der Waals surface area (Å²) in [6.07, 6.45) is 6.88. The van der Waals surface area contributed by atoms with Crippen LogP contribution < -0.4 is 15.0 Å². The van der Waals surface area contributed by atoms with E-state index in [0.717, 1.165) is 62.8 Å². The summed E-state index contributed by atoms with van der Waals surface area (Å²) >= 11 is 6.46. The maximum absolute atomic E-state index is 11.8. The summed E-state index contributed by atoms with van der Waals surface area (Å²) in [5, 5.41) is 3.84. The van der Waals surface area contributed by atoms with Gasteiger partial charge in [-0.15, -0.1) is 0 Å².